The number of anilines is 1. The van der Waals surface area contributed by atoms with Crippen LogP contribution >= 0.6 is 0 Å². The zero-order valence-corrected chi connectivity index (χ0v) is 13.8. The van der Waals surface area contributed by atoms with Crippen LogP contribution in [0.2, 0.25) is 0 Å². The molecular formula is C16H22N4O3. The van der Waals surface area contributed by atoms with Crippen LogP contribution < -0.4 is 10.6 Å². The molecule has 7 heteroatoms. The van der Waals surface area contributed by atoms with Gasteiger partial charge in [0, 0.05) is 23.8 Å². The summed E-state index contributed by atoms with van der Waals surface area (Å²) in [7, 11) is 0. The maximum Gasteiger partial charge on any atom is 0.407 e. The highest BCUT2D eigenvalue weighted by atomic mass is 16.6. The average Bonchev–Trinajstić information content (AvgIpc) is 2.98. The fourth-order valence-electron chi connectivity index (χ4n) is 1.93. The van der Waals surface area contributed by atoms with Gasteiger partial charge in [0.1, 0.15) is 5.60 Å². The predicted molar refractivity (Wildman–Crippen MR) is 87.1 cm³/mol. The molecule has 0 fully saturated rings. The van der Waals surface area contributed by atoms with E-state index in [1.165, 1.54) is 6.39 Å². The Hall–Kier alpha value is -2.57. The summed E-state index contributed by atoms with van der Waals surface area (Å²) in [6.07, 6.45) is 0.869. The first-order chi connectivity index (χ1) is 10.8. The Morgan fingerprint density at radius 1 is 1.39 bits per heavy atom. The van der Waals surface area contributed by atoms with E-state index in [1.54, 1.807) is 0 Å². The zero-order valence-electron chi connectivity index (χ0n) is 13.8. The molecule has 0 aliphatic heterocycles. The van der Waals surface area contributed by atoms with E-state index in [4.69, 9.17) is 9.15 Å². The van der Waals surface area contributed by atoms with Crippen molar-refractivity contribution in [3.63, 3.8) is 0 Å². The van der Waals surface area contributed by atoms with Gasteiger partial charge in [-0.1, -0.05) is 6.07 Å². The molecule has 1 atom stereocenters. The Labute approximate surface area is 135 Å². The van der Waals surface area contributed by atoms with Crippen molar-refractivity contribution in [3.05, 3.63) is 30.7 Å². The van der Waals surface area contributed by atoms with E-state index < -0.39 is 11.7 Å². The highest BCUT2D eigenvalue weighted by Gasteiger charge is 2.16. The molecule has 1 unspecified atom stereocenters. The van der Waals surface area contributed by atoms with Crippen molar-refractivity contribution in [3.8, 4) is 11.5 Å². The lowest BCUT2D eigenvalue weighted by atomic mass is 10.2. The smallest absolute Gasteiger partial charge is 0.407 e. The van der Waals surface area contributed by atoms with Gasteiger partial charge in [-0.2, -0.15) is 0 Å². The highest BCUT2D eigenvalue weighted by Crippen LogP contribution is 2.20. The van der Waals surface area contributed by atoms with Gasteiger partial charge < -0.3 is 19.8 Å². The molecule has 124 valence electrons. The fourth-order valence-corrected chi connectivity index (χ4v) is 1.93. The van der Waals surface area contributed by atoms with Crippen molar-refractivity contribution in [1.82, 2.24) is 15.5 Å². The average molecular weight is 318 g/mol. The second kappa shape index (κ2) is 7.13. The second-order valence-corrected chi connectivity index (χ2v) is 6.25. The van der Waals surface area contributed by atoms with E-state index >= 15 is 0 Å². The van der Waals surface area contributed by atoms with Gasteiger partial charge in [0.2, 0.25) is 12.3 Å². The van der Waals surface area contributed by atoms with E-state index in [9.17, 15) is 4.79 Å². The van der Waals surface area contributed by atoms with Gasteiger partial charge in [-0.15, -0.1) is 10.2 Å². The zero-order chi connectivity index (χ0) is 16.9. The maximum atomic E-state index is 11.6. The third kappa shape index (κ3) is 5.61. The van der Waals surface area contributed by atoms with Crippen LogP contribution in [0.25, 0.3) is 11.5 Å². The molecule has 0 aliphatic rings. The lowest BCUT2D eigenvalue weighted by molar-refractivity contribution is 0.0526. The molecule has 1 aromatic heterocycles. The van der Waals surface area contributed by atoms with Gasteiger partial charge in [0.05, 0.1) is 0 Å². The normalized spacial score (nSPS) is 12.5. The molecule has 1 heterocycles. The number of carbonyl (C=O) groups is 1. The number of alkyl carbamates (subject to hydrolysis) is 1. The molecule has 0 saturated carbocycles. The molecule has 0 aliphatic carbocycles. The molecule has 2 aromatic rings. The van der Waals surface area contributed by atoms with Crippen molar-refractivity contribution in [1.29, 1.82) is 0 Å². The lowest BCUT2D eigenvalue weighted by Gasteiger charge is -2.21. The molecule has 1 amide bonds. The third-order valence-corrected chi connectivity index (χ3v) is 2.83. The van der Waals surface area contributed by atoms with E-state index in [-0.39, 0.29) is 6.04 Å². The van der Waals surface area contributed by atoms with Crippen molar-refractivity contribution >= 4 is 11.8 Å². The first-order valence-corrected chi connectivity index (χ1v) is 7.43. The predicted octanol–water partition coefficient (Wildman–Crippen LogP) is 3.06. The van der Waals surface area contributed by atoms with E-state index in [2.05, 4.69) is 20.8 Å². The topological polar surface area (TPSA) is 89.3 Å². The fraction of sp³-hybridized carbons (Fsp3) is 0.438. The summed E-state index contributed by atoms with van der Waals surface area (Å²) in [6, 6.07) is 7.67. The molecular weight excluding hydrogens is 296 g/mol. The molecule has 0 spiro atoms. The third-order valence-electron chi connectivity index (χ3n) is 2.83. The van der Waals surface area contributed by atoms with Crippen LogP contribution in [0.5, 0.6) is 0 Å². The van der Waals surface area contributed by atoms with Gasteiger partial charge >= 0.3 is 6.09 Å². The summed E-state index contributed by atoms with van der Waals surface area (Å²) in [5.41, 5.74) is 1.23. The molecule has 0 bridgehead atoms. The molecule has 2 N–H and O–H groups in total. The minimum Gasteiger partial charge on any atom is -0.444 e. The minimum atomic E-state index is -0.501. The number of aromatic nitrogens is 2. The number of hydrogen-bond donors (Lipinski definition) is 2. The number of benzene rings is 1. The number of hydrogen-bond acceptors (Lipinski definition) is 6. The Morgan fingerprint density at radius 3 is 2.83 bits per heavy atom. The summed E-state index contributed by atoms with van der Waals surface area (Å²) in [4.78, 5) is 11.6. The van der Waals surface area contributed by atoms with Crippen LogP contribution in [-0.2, 0) is 4.74 Å². The number of carbonyl (C=O) groups excluding carboxylic acids is 1. The maximum absolute atomic E-state index is 11.6. The molecule has 7 nitrogen and oxygen atoms in total. The number of nitrogens with one attached hydrogen (secondary N) is 2. The Kier molecular flexibility index (Phi) is 5.20. The first-order valence-electron chi connectivity index (χ1n) is 7.43. The summed E-state index contributed by atoms with van der Waals surface area (Å²) < 4.78 is 10.4. The van der Waals surface area contributed by atoms with Gasteiger partial charge in [-0.25, -0.2) is 4.79 Å². The molecule has 1 aromatic carbocycles. The molecule has 2 rings (SSSR count). The Balaban J connectivity index is 1.87. The van der Waals surface area contributed by atoms with Crippen molar-refractivity contribution in [2.75, 3.05) is 11.9 Å². The highest BCUT2D eigenvalue weighted by molar-refractivity contribution is 5.67. The van der Waals surface area contributed by atoms with Crippen molar-refractivity contribution < 1.29 is 13.9 Å². The van der Waals surface area contributed by atoms with Crippen LogP contribution in [0.3, 0.4) is 0 Å². The summed E-state index contributed by atoms with van der Waals surface area (Å²) in [5, 5.41) is 13.6. The van der Waals surface area contributed by atoms with E-state index in [0.717, 1.165) is 11.3 Å². The first kappa shape index (κ1) is 16.8. The van der Waals surface area contributed by atoms with Crippen LogP contribution in [0.1, 0.15) is 27.7 Å². The standard InChI is InChI=1S/C16H22N4O3/c1-11(9-17-15(21)23-16(2,3)4)19-13-7-5-6-12(8-13)14-20-18-10-22-14/h5-8,10-11,19H,9H2,1-4H3,(H,17,21). The minimum absolute atomic E-state index is 0.0282. The van der Waals surface area contributed by atoms with Crippen LogP contribution in [-0.4, -0.2) is 34.5 Å². The molecule has 0 saturated heterocycles. The van der Waals surface area contributed by atoms with E-state index in [0.29, 0.717) is 12.4 Å². The summed E-state index contributed by atoms with van der Waals surface area (Å²) in [6.45, 7) is 7.91. The van der Waals surface area contributed by atoms with Crippen LogP contribution in [0.15, 0.2) is 35.1 Å². The van der Waals surface area contributed by atoms with Crippen LogP contribution in [0.4, 0.5) is 10.5 Å². The van der Waals surface area contributed by atoms with Crippen molar-refractivity contribution in [2.24, 2.45) is 0 Å². The second-order valence-electron chi connectivity index (χ2n) is 6.25. The number of ether oxygens (including phenoxy) is 1. The Bertz CT molecular complexity index is 635. The number of rotatable bonds is 5. The van der Waals surface area contributed by atoms with Gasteiger partial charge in [-0.3, -0.25) is 0 Å². The number of amides is 1. The monoisotopic (exact) mass is 318 g/mol. The lowest BCUT2D eigenvalue weighted by Crippen LogP contribution is -2.38. The quantitative estimate of drug-likeness (QED) is 0.880. The number of nitrogens with zero attached hydrogens (tertiary/aromatic N) is 2. The molecule has 0 radical (unpaired) electrons. The van der Waals surface area contributed by atoms with Gasteiger partial charge in [0.25, 0.3) is 0 Å². The Morgan fingerprint density at radius 2 is 2.17 bits per heavy atom. The van der Waals surface area contributed by atoms with Gasteiger partial charge in [0.15, 0.2) is 0 Å². The van der Waals surface area contributed by atoms with E-state index in [1.807, 2.05) is 52.0 Å². The summed E-state index contributed by atoms with van der Waals surface area (Å²) >= 11 is 0. The van der Waals surface area contributed by atoms with Crippen LogP contribution in [0, 0.1) is 0 Å². The van der Waals surface area contributed by atoms with Gasteiger partial charge in [-0.05, 0) is 45.9 Å². The SMILES string of the molecule is CC(CNC(=O)OC(C)(C)C)Nc1cccc(-c2nnco2)c1. The summed E-state index contributed by atoms with van der Waals surface area (Å²) in [5.74, 6) is 0.466. The largest absolute Gasteiger partial charge is 0.444 e. The van der Waals surface area contributed by atoms with Crippen molar-refractivity contribution in [2.45, 2.75) is 39.3 Å². The molecule has 23 heavy (non-hydrogen) atoms.